The van der Waals surface area contributed by atoms with E-state index in [-0.39, 0.29) is 0 Å². The summed E-state index contributed by atoms with van der Waals surface area (Å²) in [6.07, 6.45) is 0. The SMILES string of the molecule is Brc1ccccc1Cn1c2ccccc2c2cc(I)ccc21. The second-order valence-corrected chi connectivity index (χ2v) is 7.46. The first-order valence-corrected chi connectivity index (χ1v) is 9.01. The molecule has 0 spiro atoms. The van der Waals surface area contributed by atoms with Gasteiger partial charge >= 0.3 is 0 Å². The van der Waals surface area contributed by atoms with Crippen molar-refractivity contribution >= 4 is 60.3 Å². The molecule has 0 amide bonds. The molecule has 3 aromatic carbocycles. The van der Waals surface area contributed by atoms with Gasteiger partial charge in [-0.2, -0.15) is 0 Å². The minimum atomic E-state index is 0.867. The average Bonchev–Trinajstić information content (AvgIpc) is 2.83. The van der Waals surface area contributed by atoms with Gasteiger partial charge in [-0.25, -0.2) is 0 Å². The summed E-state index contributed by atoms with van der Waals surface area (Å²) >= 11 is 6.05. The lowest BCUT2D eigenvalue weighted by Gasteiger charge is -2.09. The molecule has 0 aliphatic heterocycles. The van der Waals surface area contributed by atoms with Crippen LogP contribution < -0.4 is 0 Å². The summed E-state index contributed by atoms with van der Waals surface area (Å²) in [6.45, 7) is 0.867. The van der Waals surface area contributed by atoms with Crippen molar-refractivity contribution in [3.05, 3.63) is 80.3 Å². The lowest BCUT2D eigenvalue weighted by Crippen LogP contribution is -2.00. The van der Waals surface area contributed by atoms with Crippen molar-refractivity contribution in [2.45, 2.75) is 6.54 Å². The fourth-order valence-electron chi connectivity index (χ4n) is 2.99. The predicted molar refractivity (Wildman–Crippen MR) is 105 cm³/mol. The Hall–Kier alpha value is -1.33. The van der Waals surface area contributed by atoms with Gasteiger partial charge in [-0.1, -0.05) is 52.3 Å². The Bertz CT molecular complexity index is 987. The summed E-state index contributed by atoms with van der Waals surface area (Å²) in [5, 5.41) is 2.65. The molecular formula is C19H13BrIN. The van der Waals surface area contributed by atoms with Gasteiger partial charge in [-0.3, -0.25) is 0 Å². The summed E-state index contributed by atoms with van der Waals surface area (Å²) in [7, 11) is 0. The summed E-state index contributed by atoms with van der Waals surface area (Å²) in [5.74, 6) is 0. The molecule has 22 heavy (non-hydrogen) atoms. The molecule has 0 atom stereocenters. The van der Waals surface area contributed by atoms with Gasteiger partial charge in [0.25, 0.3) is 0 Å². The van der Waals surface area contributed by atoms with Gasteiger partial charge in [0, 0.05) is 36.4 Å². The smallest absolute Gasteiger partial charge is 0.0495 e. The van der Waals surface area contributed by atoms with Crippen molar-refractivity contribution < 1.29 is 0 Å². The summed E-state index contributed by atoms with van der Waals surface area (Å²) < 4.78 is 4.83. The van der Waals surface area contributed by atoms with Crippen LogP contribution in [0.1, 0.15) is 5.56 Å². The van der Waals surface area contributed by atoms with E-state index >= 15 is 0 Å². The maximum absolute atomic E-state index is 3.67. The van der Waals surface area contributed by atoms with E-state index in [0.717, 1.165) is 11.0 Å². The zero-order chi connectivity index (χ0) is 15.1. The number of hydrogen-bond donors (Lipinski definition) is 0. The highest BCUT2D eigenvalue weighted by atomic mass is 127. The summed E-state index contributed by atoms with van der Waals surface area (Å²) in [6, 6.07) is 23.8. The molecule has 4 aromatic rings. The van der Waals surface area contributed by atoms with Crippen molar-refractivity contribution in [1.29, 1.82) is 0 Å². The lowest BCUT2D eigenvalue weighted by molar-refractivity contribution is 0.864. The number of nitrogens with zero attached hydrogens (tertiary/aromatic N) is 1. The Morgan fingerprint density at radius 1 is 0.818 bits per heavy atom. The van der Waals surface area contributed by atoms with Crippen molar-refractivity contribution in [3.8, 4) is 0 Å². The highest BCUT2D eigenvalue weighted by Crippen LogP contribution is 2.31. The molecule has 108 valence electrons. The average molecular weight is 462 g/mol. The zero-order valence-electron chi connectivity index (χ0n) is 11.8. The first kappa shape index (κ1) is 14.3. The van der Waals surface area contributed by atoms with Gasteiger partial charge < -0.3 is 4.57 Å². The van der Waals surface area contributed by atoms with Crippen LogP contribution in [0.2, 0.25) is 0 Å². The van der Waals surface area contributed by atoms with Crippen LogP contribution in [-0.2, 0) is 6.54 Å². The van der Waals surface area contributed by atoms with E-state index in [2.05, 4.69) is 110 Å². The van der Waals surface area contributed by atoms with Gasteiger partial charge in [0.1, 0.15) is 0 Å². The third kappa shape index (κ3) is 2.36. The standard InChI is InChI=1S/C19H13BrIN/c20-17-7-3-1-5-13(17)12-22-18-8-4-2-6-15(18)16-11-14(21)9-10-19(16)22/h1-11H,12H2. The molecule has 1 aromatic heterocycles. The molecule has 0 unspecified atom stereocenters. The summed E-state index contributed by atoms with van der Waals surface area (Å²) in [4.78, 5) is 0. The summed E-state index contributed by atoms with van der Waals surface area (Å²) in [5.41, 5.74) is 3.87. The van der Waals surface area contributed by atoms with Gasteiger partial charge in [-0.15, -0.1) is 0 Å². The second-order valence-electron chi connectivity index (χ2n) is 5.36. The Balaban J connectivity index is 2.01. The molecule has 0 saturated carbocycles. The van der Waals surface area contributed by atoms with Gasteiger partial charge in [-0.05, 0) is 58.5 Å². The maximum Gasteiger partial charge on any atom is 0.0495 e. The fourth-order valence-corrected chi connectivity index (χ4v) is 3.89. The Kier molecular flexibility index (Phi) is 3.70. The lowest BCUT2D eigenvalue weighted by atomic mass is 10.2. The Labute approximate surface area is 151 Å². The maximum atomic E-state index is 3.67. The van der Waals surface area contributed by atoms with E-state index < -0.39 is 0 Å². The van der Waals surface area contributed by atoms with E-state index in [1.54, 1.807) is 0 Å². The topological polar surface area (TPSA) is 4.93 Å². The van der Waals surface area contributed by atoms with Gasteiger partial charge in [0.15, 0.2) is 0 Å². The number of fused-ring (bicyclic) bond motifs is 3. The third-order valence-corrected chi connectivity index (χ3v) is 5.47. The zero-order valence-corrected chi connectivity index (χ0v) is 15.5. The fraction of sp³-hybridized carbons (Fsp3) is 0.0526. The number of halogens is 2. The highest BCUT2D eigenvalue weighted by molar-refractivity contribution is 14.1. The molecule has 1 heterocycles. The second kappa shape index (κ2) is 5.70. The normalized spacial score (nSPS) is 11.4. The molecule has 3 heteroatoms. The molecule has 0 fully saturated rings. The van der Waals surface area contributed by atoms with E-state index in [9.17, 15) is 0 Å². The van der Waals surface area contributed by atoms with Crippen LogP contribution in [0.4, 0.5) is 0 Å². The van der Waals surface area contributed by atoms with Crippen molar-refractivity contribution in [1.82, 2.24) is 4.57 Å². The van der Waals surface area contributed by atoms with E-state index in [0.29, 0.717) is 0 Å². The predicted octanol–water partition coefficient (Wildman–Crippen LogP) is 6.21. The Morgan fingerprint density at radius 3 is 2.41 bits per heavy atom. The van der Waals surface area contributed by atoms with Crippen LogP contribution >= 0.6 is 38.5 Å². The number of benzene rings is 3. The molecular weight excluding hydrogens is 449 g/mol. The molecule has 0 saturated heterocycles. The van der Waals surface area contributed by atoms with Crippen LogP contribution in [0.15, 0.2) is 71.2 Å². The minimum Gasteiger partial charge on any atom is -0.336 e. The monoisotopic (exact) mass is 461 g/mol. The molecule has 0 N–H and O–H groups in total. The van der Waals surface area contributed by atoms with Crippen LogP contribution in [0.25, 0.3) is 21.8 Å². The molecule has 0 aliphatic rings. The molecule has 0 bridgehead atoms. The quantitative estimate of drug-likeness (QED) is 0.313. The number of hydrogen-bond acceptors (Lipinski definition) is 0. The van der Waals surface area contributed by atoms with Crippen LogP contribution in [-0.4, -0.2) is 4.57 Å². The van der Waals surface area contributed by atoms with Crippen LogP contribution in [0.3, 0.4) is 0 Å². The Morgan fingerprint density at radius 2 is 1.55 bits per heavy atom. The first-order chi connectivity index (χ1) is 10.7. The highest BCUT2D eigenvalue weighted by Gasteiger charge is 2.11. The number of para-hydroxylation sites is 1. The van der Waals surface area contributed by atoms with E-state index in [1.807, 2.05) is 0 Å². The molecule has 4 rings (SSSR count). The number of aromatic nitrogens is 1. The third-order valence-electron chi connectivity index (χ3n) is 4.02. The first-order valence-electron chi connectivity index (χ1n) is 7.14. The largest absolute Gasteiger partial charge is 0.336 e. The van der Waals surface area contributed by atoms with Crippen molar-refractivity contribution in [2.24, 2.45) is 0 Å². The molecule has 0 aliphatic carbocycles. The van der Waals surface area contributed by atoms with Crippen molar-refractivity contribution in [2.75, 3.05) is 0 Å². The minimum absolute atomic E-state index is 0.867. The van der Waals surface area contributed by atoms with Crippen LogP contribution in [0.5, 0.6) is 0 Å². The molecule has 1 nitrogen and oxygen atoms in total. The van der Waals surface area contributed by atoms with Gasteiger partial charge in [0.05, 0.1) is 0 Å². The van der Waals surface area contributed by atoms with E-state index in [1.165, 1.54) is 30.9 Å². The van der Waals surface area contributed by atoms with Crippen molar-refractivity contribution in [3.63, 3.8) is 0 Å². The van der Waals surface area contributed by atoms with Gasteiger partial charge in [0.2, 0.25) is 0 Å². The van der Waals surface area contributed by atoms with E-state index in [4.69, 9.17) is 0 Å². The van der Waals surface area contributed by atoms with Crippen LogP contribution in [0, 0.1) is 3.57 Å². The molecule has 0 radical (unpaired) electrons. The number of rotatable bonds is 2.